The number of sulfonamides is 1. The Labute approximate surface area is 162 Å². The maximum absolute atomic E-state index is 12.7. The molecule has 0 saturated heterocycles. The highest BCUT2D eigenvalue weighted by molar-refractivity contribution is 7.92. The van der Waals surface area contributed by atoms with Gasteiger partial charge in [0.2, 0.25) is 0 Å². The molecule has 0 heterocycles. The van der Waals surface area contributed by atoms with E-state index in [1.165, 1.54) is 12.1 Å². The molecule has 1 amide bonds. The van der Waals surface area contributed by atoms with Gasteiger partial charge in [-0.05, 0) is 47.7 Å². The van der Waals surface area contributed by atoms with Crippen LogP contribution in [0.2, 0.25) is 0 Å². The number of rotatable bonds is 7. The minimum absolute atomic E-state index is 0.00310. The first kappa shape index (κ1) is 21.0. The highest BCUT2D eigenvalue weighted by atomic mass is 32.2. The van der Waals surface area contributed by atoms with Crippen LogP contribution in [0.5, 0.6) is 0 Å². The summed E-state index contributed by atoms with van der Waals surface area (Å²) >= 11 is 0. The topological polar surface area (TPSA) is 75.3 Å². The van der Waals surface area contributed by atoms with Crippen LogP contribution in [-0.4, -0.2) is 20.9 Å². The second-order valence-corrected chi connectivity index (χ2v) is 9.25. The Kier molecular flexibility index (Phi) is 6.65. The van der Waals surface area contributed by atoms with Crippen molar-refractivity contribution in [1.82, 2.24) is 5.32 Å². The van der Waals surface area contributed by atoms with Gasteiger partial charge in [0.1, 0.15) is 0 Å². The predicted octanol–water partition coefficient (Wildman–Crippen LogP) is 4.31. The van der Waals surface area contributed by atoms with E-state index in [9.17, 15) is 13.2 Å². The average Bonchev–Trinajstić information content (AvgIpc) is 2.61. The normalized spacial score (nSPS) is 11.9. The molecule has 2 N–H and O–H groups in total. The fourth-order valence-electron chi connectivity index (χ4n) is 2.54. The molecule has 0 atom stereocenters. The van der Waals surface area contributed by atoms with Gasteiger partial charge in [-0.15, -0.1) is 0 Å². The van der Waals surface area contributed by atoms with Crippen molar-refractivity contribution >= 4 is 21.6 Å². The number of benzene rings is 2. The van der Waals surface area contributed by atoms with E-state index < -0.39 is 10.0 Å². The standard InChI is InChI=1S/C21H28N2O3S/c1-5-6-14-22-20(24)16-8-7-9-19(15-16)27(25,26)23-18-12-10-17(11-13-18)21(2,3)4/h7-13,15,23H,5-6,14H2,1-4H3,(H,22,24). The molecule has 2 aromatic rings. The number of carbonyl (C=O) groups is 1. The quantitative estimate of drug-likeness (QED) is 0.694. The van der Waals surface area contributed by atoms with Gasteiger partial charge in [-0.3, -0.25) is 9.52 Å². The Hall–Kier alpha value is -2.34. The van der Waals surface area contributed by atoms with Crippen molar-refractivity contribution in [3.8, 4) is 0 Å². The Morgan fingerprint density at radius 3 is 2.30 bits per heavy atom. The summed E-state index contributed by atoms with van der Waals surface area (Å²) in [5, 5.41) is 2.79. The molecule has 2 aromatic carbocycles. The van der Waals surface area contributed by atoms with Gasteiger partial charge in [-0.2, -0.15) is 0 Å². The summed E-state index contributed by atoms with van der Waals surface area (Å²) in [6.45, 7) is 8.92. The summed E-state index contributed by atoms with van der Waals surface area (Å²) in [6, 6.07) is 13.4. The van der Waals surface area contributed by atoms with Crippen molar-refractivity contribution in [2.24, 2.45) is 0 Å². The predicted molar refractivity (Wildman–Crippen MR) is 110 cm³/mol. The van der Waals surface area contributed by atoms with E-state index in [2.05, 4.69) is 30.8 Å². The number of amides is 1. The van der Waals surface area contributed by atoms with E-state index in [1.54, 1.807) is 24.3 Å². The Morgan fingerprint density at radius 1 is 1.04 bits per heavy atom. The number of anilines is 1. The van der Waals surface area contributed by atoms with Crippen LogP contribution in [0, 0.1) is 0 Å². The van der Waals surface area contributed by atoms with Crippen LogP contribution >= 0.6 is 0 Å². The van der Waals surface area contributed by atoms with Gasteiger partial charge in [0, 0.05) is 17.8 Å². The molecule has 0 unspecified atom stereocenters. The molecule has 0 aromatic heterocycles. The summed E-state index contributed by atoms with van der Waals surface area (Å²) in [5.41, 5.74) is 1.94. The number of unbranched alkanes of at least 4 members (excludes halogenated alkanes) is 1. The van der Waals surface area contributed by atoms with Crippen molar-refractivity contribution < 1.29 is 13.2 Å². The molecule has 146 valence electrons. The largest absolute Gasteiger partial charge is 0.352 e. The third-order valence-corrected chi connectivity index (χ3v) is 5.60. The fraction of sp³-hybridized carbons (Fsp3) is 0.381. The maximum Gasteiger partial charge on any atom is 0.261 e. The van der Waals surface area contributed by atoms with Crippen LogP contribution in [0.25, 0.3) is 0 Å². The number of carbonyl (C=O) groups excluding carboxylic acids is 1. The molecule has 2 rings (SSSR count). The first-order valence-corrected chi connectivity index (χ1v) is 10.6. The number of hydrogen-bond acceptors (Lipinski definition) is 3. The molecule has 6 heteroatoms. The van der Waals surface area contributed by atoms with Crippen molar-refractivity contribution in [1.29, 1.82) is 0 Å². The van der Waals surface area contributed by atoms with Crippen LogP contribution in [0.4, 0.5) is 5.69 Å². The monoisotopic (exact) mass is 388 g/mol. The van der Waals surface area contributed by atoms with Crippen LogP contribution in [0.3, 0.4) is 0 Å². The van der Waals surface area contributed by atoms with Gasteiger partial charge >= 0.3 is 0 Å². The van der Waals surface area contributed by atoms with Gasteiger partial charge < -0.3 is 5.32 Å². The smallest absolute Gasteiger partial charge is 0.261 e. The third-order valence-electron chi connectivity index (χ3n) is 4.23. The van der Waals surface area contributed by atoms with E-state index >= 15 is 0 Å². The lowest BCUT2D eigenvalue weighted by atomic mass is 9.87. The molecule has 0 aliphatic rings. The zero-order chi connectivity index (χ0) is 20.1. The second kappa shape index (κ2) is 8.57. The third kappa shape index (κ3) is 5.82. The van der Waals surface area contributed by atoms with Crippen molar-refractivity contribution in [2.45, 2.75) is 50.8 Å². The van der Waals surface area contributed by atoms with Gasteiger partial charge in [-0.1, -0.05) is 52.3 Å². The molecule has 0 saturated carbocycles. The average molecular weight is 389 g/mol. The van der Waals surface area contributed by atoms with E-state index in [0.29, 0.717) is 17.8 Å². The minimum Gasteiger partial charge on any atom is -0.352 e. The van der Waals surface area contributed by atoms with Gasteiger partial charge in [0.15, 0.2) is 0 Å². The molecule has 0 spiro atoms. The highest BCUT2D eigenvalue weighted by Crippen LogP contribution is 2.24. The number of nitrogens with one attached hydrogen (secondary N) is 2. The van der Waals surface area contributed by atoms with Crippen LogP contribution < -0.4 is 10.0 Å². The van der Waals surface area contributed by atoms with E-state index in [-0.39, 0.29) is 16.2 Å². The molecule has 5 nitrogen and oxygen atoms in total. The second-order valence-electron chi connectivity index (χ2n) is 7.57. The van der Waals surface area contributed by atoms with Crippen molar-refractivity contribution in [3.05, 3.63) is 59.7 Å². The zero-order valence-electron chi connectivity index (χ0n) is 16.4. The van der Waals surface area contributed by atoms with Gasteiger partial charge in [0.25, 0.3) is 15.9 Å². The van der Waals surface area contributed by atoms with E-state index in [4.69, 9.17) is 0 Å². The first-order valence-electron chi connectivity index (χ1n) is 9.15. The molecular weight excluding hydrogens is 360 g/mol. The van der Waals surface area contributed by atoms with Crippen molar-refractivity contribution in [2.75, 3.05) is 11.3 Å². The molecule has 0 fully saturated rings. The lowest BCUT2D eigenvalue weighted by molar-refractivity contribution is 0.0953. The molecule has 27 heavy (non-hydrogen) atoms. The lowest BCUT2D eigenvalue weighted by Gasteiger charge is -2.19. The molecule has 0 bridgehead atoms. The van der Waals surface area contributed by atoms with Crippen LogP contribution in [-0.2, 0) is 15.4 Å². The number of hydrogen-bond donors (Lipinski definition) is 2. The first-order chi connectivity index (χ1) is 12.6. The molecule has 0 aliphatic heterocycles. The van der Waals surface area contributed by atoms with Crippen LogP contribution in [0.1, 0.15) is 56.5 Å². The molecule has 0 radical (unpaired) electrons. The summed E-state index contributed by atoms with van der Waals surface area (Å²) in [7, 11) is -3.77. The summed E-state index contributed by atoms with van der Waals surface area (Å²) in [4.78, 5) is 12.2. The lowest BCUT2D eigenvalue weighted by Crippen LogP contribution is -2.24. The molecular formula is C21H28N2O3S. The SMILES string of the molecule is CCCCNC(=O)c1cccc(S(=O)(=O)Nc2ccc(C(C)(C)C)cc2)c1. The highest BCUT2D eigenvalue weighted by Gasteiger charge is 2.18. The minimum atomic E-state index is -3.77. The van der Waals surface area contributed by atoms with Crippen molar-refractivity contribution in [3.63, 3.8) is 0 Å². The van der Waals surface area contributed by atoms with Gasteiger partial charge in [0.05, 0.1) is 4.90 Å². The Bertz CT molecular complexity index is 882. The Balaban J connectivity index is 2.17. The fourth-order valence-corrected chi connectivity index (χ4v) is 3.64. The Morgan fingerprint density at radius 2 is 1.70 bits per heavy atom. The van der Waals surface area contributed by atoms with Crippen LogP contribution in [0.15, 0.2) is 53.4 Å². The zero-order valence-corrected chi connectivity index (χ0v) is 17.2. The molecule has 0 aliphatic carbocycles. The summed E-state index contributed by atoms with van der Waals surface area (Å²) in [6.07, 6.45) is 1.86. The maximum atomic E-state index is 12.7. The summed E-state index contributed by atoms with van der Waals surface area (Å²) < 4.78 is 27.9. The van der Waals surface area contributed by atoms with Gasteiger partial charge in [-0.25, -0.2) is 8.42 Å². The van der Waals surface area contributed by atoms with E-state index in [0.717, 1.165) is 18.4 Å². The van der Waals surface area contributed by atoms with E-state index in [1.807, 2.05) is 19.1 Å². The summed E-state index contributed by atoms with van der Waals surface area (Å²) in [5.74, 6) is -0.268.